The molecule has 1 saturated heterocycles. The molecule has 21 heavy (non-hydrogen) atoms. The Hall–Kier alpha value is -1.76. The first-order chi connectivity index (χ1) is 9.89. The van der Waals surface area contributed by atoms with Gasteiger partial charge in [-0.15, -0.1) is 0 Å². The minimum absolute atomic E-state index is 0.124. The van der Waals surface area contributed by atoms with Gasteiger partial charge in [0.25, 0.3) is 0 Å². The van der Waals surface area contributed by atoms with Gasteiger partial charge in [-0.25, -0.2) is 0 Å². The van der Waals surface area contributed by atoms with Crippen LogP contribution in [0.3, 0.4) is 0 Å². The molecule has 1 aliphatic heterocycles. The third kappa shape index (κ3) is 3.87. The van der Waals surface area contributed by atoms with Gasteiger partial charge in [-0.1, -0.05) is 12.1 Å². The van der Waals surface area contributed by atoms with Crippen LogP contribution in [0, 0.1) is 11.8 Å². The maximum absolute atomic E-state index is 12.8. The number of benzene rings is 1. The molecule has 0 saturated carbocycles. The van der Waals surface area contributed by atoms with Gasteiger partial charge < -0.3 is 15.2 Å². The first-order valence-electron chi connectivity index (χ1n) is 6.62. The minimum Gasteiger partial charge on any atom is -0.492 e. The quantitative estimate of drug-likeness (QED) is 0.877. The maximum atomic E-state index is 12.8. The SMILES string of the molecule is O=C(O)C(COc1ccccc1C(F)(F)F)C1CCNC1. The summed E-state index contributed by atoms with van der Waals surface area (Å²) in [6, 6.07) is 4.82. The molecule has 0 bridgehead atoms. The van der Waals surface area contributed by atoms with Gasteiger partial charge in [0.1, 0.15) is 12.4 Å². The lowest BCUT2D eigenvalue weighted by Crippen LogP contribution is -2.31. The Bertz CT molecular complexity index is 498. The van der Waals surface area contributed by atoms with Crippen molar-refractivity contribution in [2.45, 2.75) is 12.6 Å². The summed E-state index contributed by atoms with van der Waals surface area (Å²) in [4.78, 5) is 11.3. The van der Waals surface area contributed by atoms with E-state index < -0.39 is 23.6 Å². The molecule has 1 fully saturated rings. The van der Waals surface area contributed by atoms with Crippen LogP contribution in [0.2, 0.25) is 0 Å². The number of aliphatic carboxylic acids is 1. The Morgan fingerprint density at radius 3 is 2.71 bits per heavy atom. The smallest absolute Gasteiger partial charge is 0.419 e. The minimum atomic E-state index is -4.52. The monoisotopic (exact) mass is 303 g/mol. The van der Waals surface area contributed by atoms with Crippen molar-refractivity contribution in [3.8, 4) is 5.75 Å². The molecule has 4 nitrogen and oxygen atoms in total. The molecule has 0 aromatic heterocycles. The standard InChI is InChI=1S/C14H16F3NO3/c15-14(16,17)11-3-1-2-4-12(11)21-8-10(13(19)20)9-5-6-18-7-9/h1-4,9-10,18H,5-8H2,(H,19,20). The van der Waals surface area contributed by atoms with Crippen molar-refractivity contribution in [3.05, 3.63) is 29.8 Å². The lowest BCUT2D eigenvalue weighted by atomic mass is 9.92. The molecule has 2 N–H and O–H groups in total. The molecule has 2 unspecified atom stereocenters. The van der Waals surface area contributed by atoms with Crippen molar-refractivity contribution in [3.63, 3.8) is 0 Å². The second-order valence-corrected chi connectivity index (χ2v) is 5.00. The number of rotatable bonds is 5. The third-order valence-corrected chi connectivity index (χ3v) is 3.60. The number of carbonyl (C=O) groups is 1. The van der Waals surface area contributed by atoms with E-state index in [0.29, 0.717) is 19.5 Å². The lowest BCUT2D eigenvalue weighted by Gasteiger charge is -2.20. The number of alkyl halides is 3. The van der Waals surface area contributed by atoms with E-state index in [2.05, 4.69) is 5.32 Å². The molecular weight excluding hydrogens is 287 g/mol. The van der Waals surface area contributed by atoms with Crippen LogP contribution in [0.4, 0.5) is 13.2 Å². The fourth-order valence-electron chi connectivity index (χ4n) is 2.44. The van der Waals surface area contributed by atoms with Crippen molar-refractivity contribution in [2.75, 3.05) is 19.7 Å². The zero-order chi connectivity index (χ0) is 15.5. The predicted octanol–water partition coefficient (Wildman–Crippen LogP) is 2.39. The Balaban J connectivity index is 2.09. The summed E-state index contributed by atoms with van der Waals surface area (Å²) in [7, 11) is 0. The summed E-state index contributed by atoms with van der Waals surface area (Å²) in [6.45, 7) is 0.990. The number of para-hydroxylation sites is 1. The highest BCUT2D eigenvalue weighted by Gasteiger charge is 2.35. The van der Waals surface area contributed by atoms with Crippen molar-refractivity contribution in [2.24, 2.45) is 11.8 Å². The van der Waals surface area contributed by atoms with E-state index in [9.17, 15) is 23.1 Å². The zero-order valence-corrected chi connectivity index (χ0v) is 11.2. The Morgan fingerprint density at radius 2 is 2.14 bits per heavy atom. The number of carboxylic acids is 1. The van der Waals surface area contributed by atoms with Crippen molar-refractivity contribution in [1.82, 2.24) is 5.32 Å². The first kappa shape index (κ1) is 15.6. The van der Waals surface area contributed by atoms with Crippen LogP contribution in [0.1, 0.15) is 12.0 Å². The molecule has 1 aliphatic rings. The molecule has 1 aromatic carbocycles. The summed E-state index contributed by atoms with van der Waals surface area (Å²) >= 11 is 0. The van der Waals surface area contributed by atoms with Crippen LogP contribution in [0.15, 0.2) is 24.3 Å². The summed E-state index contributed by atoms with van der Waals surface area (Å²) in [6.07, 6.45) is -3.84. The van der Waals surface area contributed by atoms with E-state index >= 15 is 0 Å². The molecular formula is C14H16F3NO3. The molecule has 1 heterocycles. The van der Waals surface area contributed by atoms with Gasteiger partial charge in [-0.2, -0.15) is 13.2 Å². The second-order valence-electron chi connectivity index (χ2n) is 5.00. The van der Waals surface area contributed by atoms with Gasteiger partial charge in [-0.05, 0) is 37.6 Å². The molecule has 7 heteroatoms. The van der Waals surface area contributed by atoms with E-state index in [1.807, 2.05) is 0 Å². The molecule has 0 radical (unpaired) electrons. The van der Waals surface area contributed by atoms with Crippen molar-refractivity contribution in [1.29, 1.82) is 0 Å². The predicted molar refractivity (Wildman–Crippen MR) is 69.0 cm³/mol. The highest BCUT2D eigenvalue weighted by atomic mass is 19.4. The van der Waals surface area contributed by atoms with Crippen LogP contribution < -0.4 is 10.1 Å². The van der Waals surface area contributed by atoms with E-state index in [1.54, 1.807) is 0 Å². The number of nitrogens with one attached hydrogen (secondary N) is 1. The maximum Gasteiger partial charge on any atom is 0.419 e. The average molecular weight is 303 g/mol. The largest absolute Gasteiger partial charge is 0.492 e. The fraction of sp³-hybridized carbons (Fsp3) is 0.500. The first-order valence-corrected chi connectivity index (χ1v) is 6.62. The highest BCUT2D eigenvalue weighted by molar-refractivity contribution is 5.70. The van der Waals surface area contributed by atoms with Crippen molar-refractivity contribution < 1.29 is 27.8 Å². The Kier molecular flexibility index (Phi) is 4.72. The topological polar surface area (TPSA) is 58.6 Å². The van der Waals surface area contributed by atoms with Crippen molar-refractivity contribution >= 4 is 5.97 Å². The van der Waals surface area contributed by atoms with Gasteiger partial charge in [0.2, 0.25) is 0 Å². The van der Waals surface area contributed by atoms with Crippen LogP contribution in [0.25, 0.3) is 0 Å². The van der Waals surface area contributed by atoms with E-state index in [0.717, 1.165) is 6.07 Å². The number of hydrogen-bond acceptors (Lipinski definition) is 3. The average Bonchev–Trinajstić information content (AvgIpc) is 2.92. The zero-order valence-electron chi connectivity index (χ0n) is 11.2. The summed E-state index contributed by atoms with van der Waals surface area (Å²) < 4.78 is 43.6. The van der Waals surface area contributed by atoms with E-state index in [4.69, 9.17) is 4.74 Å². The van der Waals surface area contributed by atoms with E-state index in [-0.39, 0.29) is 18.3 Å². The third-order valence-electron chi connectivity index (χ3n) is 3.60. The molecule has 0 aliphatic carbocycles. The van der Waals surface area contributed by atoms with Crippen LogP contribution >= 0.6 is 0 Å². The summed E-state index contributed by atoms with van der Waals surface area (Å²) in [5, 5.41) is 12.3. The number of ether oxygens (including phenoxy) is 1. The van der Waals surface area contributed by atoms with Gasteiger partial charge >= 0.3 is 12.1 Å². The van der Waals surface area contributed by atoms with Gasteiger partial charge in [0, 0.05) is 0 Å². The summed E-state index contributed by atoms with van der Waals surface area (Å²) in [5.74, 6) is -2.32. The Labute approximate surface area is 119 Å². The van der Waals surface area contributed by atoms with E-state index in [1.165, 1.54) is 18.2 Å². The van der Waals surface area contributed by atoms with Crippen LogP contribution in [-0.2, 0) is 11.0 Å². The van der Waals surface area contributed by atoms with Gasteiger partial charge in [-0.3, -0.25) is 4.79 Å². The summed E-state index contributed by atoms with van der Waals surface area (Å²) in [5.41, 5.74) is -0.890. The molecule has 2 rings (SSSR count). The molecule has 2 atom stereocenters. The normalized spacial score (nSPS) is 20.2. The number of hydrogen-bond donors (Lipinski definition) is 2. The molecule has 0 spiro atoms. The highest BCUT2D eigenvalue weighted by Crippen LogP contribution is 2.36. The van der Waals surface area contributed by atoms with Gasteiger partial charge in [0.15, 0.2) is 0 Å². The van der Waals surface area contributed by atoms with Gasteiger partial charge in [0.05, 0.1) is 11.5 Å². The van der Waals surface area contributed by atoms with Crippen LogP contribution in [-0.4, -0.2) is 30.8 Å². The Morgan fingerprint density at radius 1 is 1.43 bits per heavy atom. The number of halogens is 3. The molecule has 116 valence electrons. The number of carboxylic acid groups (broad SMARTS) is 1. The van der Waals surface area contributed by atoms with Crippen LogP contribution in [0.5, 0.6) is 5.75 Å². The second kappa shape index (κ2) is 6.34. The molecule has 1 aromatic rings. The lowest BCUT2D eigenvalue weighted by molar-refractivity contribution is -0.145. The fourth-order valence-corrected chi connectivity index (χ4v) is 2.44. The molecule has 0 amide bonds.